The second-order valence-corrected chi connectivity index (χ2v) is 3.27. The topological polar surface area (TPSA) is 42.4 Å². The molecule has 78 valence electrons. The first-order chi connectivity index (χ1) is 6.61. The van der Waals surface area contributed by atoms with Crippen LogP contribution in [0.25, 0.3) is 0 Å². The van der Waals surface area contributed by atoms with Crippen LogP contribution in [0.1, 0.15) is 25.6 Å². The molecular weight excluding hydrogens is 185 g/mol. The number of aromatic nitrogens is 1. The Balaban J connectivity index is 2.60. The maximum absolute atomic E-state index is 13.1. The van der Waals surface area contributed by atoms with E-state index < -0.39 is 11.9 Å². The second kappa shape index (κ2) is 5.02. The van der Waals surface area contributed by atoms with E-state index in [2.05, 4.69) is 4.98 Å². The van der Waals surface area contributed by atoms with Crippen LogP contribution in [0, 0.1) is 5.82 Å². The molecule has 0 saturated heterocycles. The number of rotatable bonds is 4. The molecule has 0 aromatic carbocycles. The van der Waals surface area contributed by atoms with Crippen molar-refractivity contribution < 1.29 is 14.2 Å². The standard InChI is InChI=1S/C10H14FNO2/c1-7(2)14-6-9(13)10-8(11)4-3-5-12-10/h3-5,7,9,13H,6H2,1-2H3. The van der Waals surface area contributed by atoms with Gasteiger partial charge in [-0.3, -0.25) is 4.98 Å². The van der Waals surface area contributed by atoms with Crippen molar-refractivity contribution >= 4 is 0 Å². The quantitative estimate of drug-likeness (QED) is 0.802. The van der Waals surface area contributed by atoms with Crippen LogP contribution in [0.3, 0.4) is 0 Å². The zero-order valence-corrected chi connectivity index (χ0v) is 8.27. The highest BCUT2D eigenvalue weighted by atomic mass is 19.1. The second-order valence-electron chi connectivity index (χ2n) is 3.27. The maximum atomic E-state index is 13.1. The zero-order valence-electron chi connectivity index (χ0n) is 8.27. The number of ether oxygens (including phenoxy) is 1. The molecule has 0 aliphatic rings. The number of pyridine rings is 1. The minimum absolute atomic E-state index is 0.0106. The van der Waals surface area contributed by atoms with E-state index in [1.165, 1.54) is 18.3 Å². The Hall–Kier alpha value is -1.00. The van der Waals surface area contributed by atoms with Gasteiger partial charge < -0.3 is 9.84 Å². The molecule has 1 rings (SSSR count). The molecule has 0 bridgehead atoms. The fourth-order valence-corrected chi connectivity index (χ4v) is 1.01. The Morgan fingerprint density at radius 3 is 2.86 bits per heavy atom. The largest absolute Gasteiger partial charge is 0.384 e. The van der Waals surface area contributed by atoms with E-state index >= 15 is 0 Å². The summed E-state index contributed by atoms with van der Waals surface area (Å²) in [5.41, 5.74) is 0.0353. The molecule has 14 heavy (non-hydrogen) atoms. The molecule has 0 amide bonds. The van der Waals surface area contributed by atoms with E-state index in [-0.39, 0.29) is 18.4 Å². The van der Waals surface area contributed by atoms with Gasteiger partial charge in [-0.1, -0.05) is 0 Å². The van der Waals surface area contributed by atoms with Gasteiger partial charge in [-0.2, -0.15) is 0 Å². The highest BCUT2D eigenvalue weighted by Crippen LogP contribution is 2.14. The van der Waals surface area contributed by atoms with E-state index in [1.54, 1.807) is 0 Å². The van der Waals surface area contributed by atoms with Crippen LogP contribution in [-0.4, -0.2) is 22.8 Å². The third-order valence-corrected chi connectivity index (χ3v) is 1.69. The summed E-state index contributed by atoms with van der Waals surface area (Å²) in [5.74, 6) is -0.507. The Bertz CT molecular complexity index is 291. The van der Waals surface area contributed by atoms with E-state index in [9.17, 15) is 9.50 Å². The van der Waals surface area contributed by atoms with Crippen molar-refractivity contribution in [2.45, 2.75) is 26.1 Å². The van der Waals surface area contributed by atoms with Crippen LogP contribution < -0.4 is 0 Å². The van der Waals surface area contributed by atoms with Gasteiger partial charge in [-0.05, 0) is 26.0 Å². The normalized spacial score (nSPS) is 13.2. The summed E-state index contributed by atoms with van der Waals surface area (Å²) in [7, 11) is 0. The molecule has 0 spiro atoms. The van der Waals surface area contributed by atoms with E-state index in [0.29, 0.717) is 0 Å². The predicted molar refractivity (Wildman–Crippen MR) is 50.2 cm³/mol. The number of hydrogen-bond acceptors (Lipinski definition) is 3. The van der Waals surface area contributed by atoms with E-state index in [1.807, 2.05) is 13.8 Å². The highest BCUT2D eigenvalue weighted by molar-refractivity contribution is 5.09. The fourth-order valence-electron chi connectivity index (χ4n) is 1.01. The van der Waals surface area contributed by atoms with Gasteiger partial charge in [0, 0.05) is 6.20 Å². The van der Waals surface area contributed by atoms with E-state index in [0.717, 1.165) is 0 Å². The lowest BCUT2D eigenvalue weighted by molar-refractivity contribution is 0.00180. The van der Waals surface area contributed by atoms with Crippen molar-refractivity contribution in [3.63, 3.8) is 0 Å². The smallest absolute Gasteiger partial charge is 0.147 e. The predicted octanol–water partition coefficient (Wildman–Crippen LogP) is 1.68. The maximum Gasteiger partial charge on any atom is 0.147 e. The Morgan fingerprint density at radius 1 is 1.57 bits per heavy atom. The summed E-state index contributed by atoms with van der Waals surface area (Å²) >= 11 is 0. The van der Waals surface area contributed by atoms with Crippen molar-refractivity contribution in [1.82, 2.24) is 4.98 Å². The van der Waals surface area contributed by atoms with Crippen molar-refractivity contribution in [1.29, 1.82) is 0 Å². The molecule has 1 heterocycles. The average molecular weight is 199 g/mol. The van der Waals surface area contributed by atoms with E-state index in [4.69, 9.17) is 4.74 Å². The van der Waals surface area contributed by atoms with Crippen LogP contribution in [0.5, 0.6) is 0 Å². The lowest BCUT2D eigenvalue weighted by Crippen LogP contribution is -2.14. The van der Waals surface area contributed by atoms with Gasteiger partial charge in [0.15, 0.2) is 0 Å². The first-order valence-corrected chi connectivity index (χ1v) is 4.51. The number of aliphatic hydroxyl groups is 1. The van der Waals surface area contributed by atoms with Gasteiger partial charge in [0.05, 0.1) is 12.7 Å². The van der Waals surface area contributed by atoms with Crippen molar-refractivity contribution in [3.05, 3.63) is 29.8 Å². The molecule has 1 atom stereocenters. The molecule has 3 nitrogen and oxygen atoms in total. The lowest BCUT2D eigenvalue weighted by atomic mass is 10.2. The zero-order chi connectivity index (χ0) is 10.6. The monoisotopic (exact) mass is 199 g/mol. The van der Waals surface area contributed by atoms with Crippen LogP contribution in [0.15, 0.2) is 18.3 Å². The highest BCUT2D eigenvalue weighted by Gasteiger charge is 2.14. The van der Waals surface area contributed by atoms with Gasteiger partial charge in [-0.15, -0.1) is 0 Å². The number of halogens is 1. The molecule has 0 aliphatic carbocycles. The van der Waals surface area contributed by atoms with Crippen LogP contribution >= 0.6 is 0 Å². The number of nitrogens with zero attached hydrogens (tertiary/aromatic N) is 1. The minimum atomic E-state index is -1.00. The summed E-state index contributed by atoms with van der Waals surface area (Å²) in [5, 5.41) is 9.52. The summed E-state index contributed by atoms with van der Waals surface area (Å²) in [6, 6.07) is 2.75. The summed E-state index contributed by atoms with van der Waals surface area (Å²) < 4.78 is 18.2. The Kier molecular flexibility index (Phi) is 3.98. The van der Waals surface area contributed by atoms with Gasteiger partial charge in [-0.25, -0.2) is 4.39 Å². The Morgan fingerprint density at radius 2 is 2.29 bits per heavy atom. The molecule has 1 aromatic heterocycles. The minimum Gasteiger partial charge on any atom is -0.384 e. The van der Waals surface area contributed by atoms with Crippen LogP contribution in [0.2, 0.25) is 0 Å². The van der Waals surface area contributed by atoms with Crippen LogP contribution in [0.4, 0.5) is 4.39 Å². The fraction of sp³-hybridized carbons (Fsp3) is 0.500. The molecule has 0 saturated carbocycles. The number of aliphatic hydroxyl groups excluding tert-OH is 1. The van der Waals surface area contributed by atoms with Crippen LogP contribution in [-0.2, 0) is 4.74 Å². The first-order valence-electron chi connectivity index (χ1n) is 4.51. The summed E-state index contributed by atoms with van der Waals surface area (Å²) in [6.07, 6.45) is 0.451. The van der Waals surface area contributed by atoms with Crippen molar-refractivity contribution in [2.75, 3.05) is 6.61 Å². The summed E-state index contributed by atoms with van der Waals surface area (Å²) in [6.45, 7) is 3.76. The van der Waals surface area contributed by atoms with Crippen molar-refractivity contribution in [2.24, 2.45) is 0 Å². The molecule has 0 fully saturated rings. The first kappa shape index (κ1) is 11.1. The molecule has 4 heteroatoms. The molecule has 1 unspecified atom stereocenters. The molecule has 1 N–H and O–H groups in total. The SMILES string of the molecule is CC(C)OCC(O)c1ncccc1F. The number of hydrogen-bond donors (Lipinski definition) is 1. The third-order valence-electron chi connectivity index (χ3n) is 1.69. The summed E-state index contributed by atoms with van der Waals surface area (Å²) in [4.78, 5) is 3.75. The lowest BCUT2D eigenvalue weighted by Gasteiger charge is -2.13. The molecule has 0 aliphatic heterocycles. The Labute approximate surface area is 82.5 Å². The van der Waals surface area contributed by atoms with Gasteiger partial charge in [0.25, 0.3) is 0 Å². The van der Waals surface area contributed by atoms with Gasteiger partial charge >= 0.3 is 0 Å². The van der Waals surface area contributed by atoms with Gasteiger partial charge in [0.2, 0.25) is 0 Å². The van der Waals surface area contributed by atoms with Gasteiger partial charge in [0.1, 0.15) is 17.6 Å². The van der Waals surface area contributed by atoms with Crippen molar-refractivity contribution in [3.8, 4) is 0 Å². The molecule has 1 aromatic rings. The average Bonchev–Trinajstić information content (AvgIpc) is 2.15. The molecule has 0 radical (unpaired) electrons. The molecular formula is C10H14FNO2. The third kappa shape index (κ3) is 3.05.